The molecule has 10 nitrogen and oxygen atoms in total. The second-order valence-corrected chi connectivity index (χ2v) is 10.4. The molecule has 192 valence electrons. The number of benzene rings is 1. The number of aromatic amines is 1. The van der Waals surface area contributed by atoms with E-state index in [-0.39, 0.29) is 24.0 Å². The summed E-state index contributed by atoms with van der Waals surface area (Å²) in [5.74, 6) is -0.229. The lowest BCUT2D eigenvalue weighted by Gasteiger charge is -2.27. The van der Waals surface area contributed by atoms with Crippen molar-refractivity contribution in [3.63, 3.8) is 0 Å². The summed E-state index contributed by atoms with van der Waals surface area (Å²) in [5.41, 5.74) is 0.00238. The van der Waals surface area contributed by atoms with Gasteiger partial charge < -0.3 is 30.8 Å². The van der Waals surface area contributed by atoms with Crippen molar-refractivity contribution < 1.29 is 24.2 Å². The number of rotatable bonds is 12. The van der Waals surface area contributed by atoms with Gasteiger partial charge in [0.25, 0.3) is 5.91 Å². The lowest BCUT2D eigenvalue weighted by molar-refractivity contribution is -0.126. The quantitative estimate of drug-likeness (QED) is 0.270. The lowest BCUT2D eigenvalue weighted by atomic mass is 9.98. The van der Waals surface area contributed by atoms with Crippen LogP contribution >= 0.6 is 11.8 Å². The highest BCUT2D eigenvalue weighted by Crippen LogP contribution is 2.34. The Morgan fingerprint density at radius 2 is 2.08 bits per heavy atom. The molecule has 0 bridgehead atoms. The number of thioether (sulfide) groups is 1. The molecular formula is C25H31N5O5S. The van der Waals surface area contributed by atoms with E-state index in [9.17, 15) is 19.5 Å². The maximum atomic E-state index is 13.3. The van der Waals surface area contributed by atoms with E-state index >= 15 is 0 Å². The molecule has 2 aromatic rings. The van der Waals surface area contributed by atoms with Crippen LogP contribution < -0.4 is 20.7 Å². The molecule has 36 heavy (non-hydrogen) atoms. The number of H-pyrrole nitrogens is 1. The Bertz CT molecular complexity index is 1160. The smallest absolute Gasteiger partial charge is 0.268 e. The molecule has 11 heteroatoms. The molecule has 2 heterocycles. The predicted octanol–water partition coefficient (Wildman–Crippen LogP) is 1.66. The van der Waals surface area contributed by atoms with Crippen LogP contribution in [0.5, 0.6) is 5.75 Å². The number of nitriles is 1. The Labute approximate surface area is 213 Å². The van der Waals surface area contributed by atoms with Crippen molar-refractivity contribution in [2.75, 3.05) is 19.4 Å². The first kappa shape index (κ1) is 25.9. The monoisotopic (exact) mass is 513 g/mol. The molecule has 3 amide bonds. The van der Waals surface area contributed by atoms with E-state index in [0.29, 0.717) is 36.7 Å². The Morgan fingerprint density at radius 1 is 1.28 bits per heavy atom. The van der Waals surface area contributed by atoms with Gasteiger partial charge in [0.15, 0.2) is 0 Å². The van der Waals surface area contributed by atoms with Gasteiger partial charge in [0.05, 0.1) is 25.0 Å². The van der Waals surface area contributed by atoms with Gasteiger partial charge in [0, 0.05) is 23.4 Å². The zero-order valence-electron chi connectivity index (χ0n) is 20.1. The minimum absolute atomic E-state index is 0.0521. The van der Waals surface area contributed by atoms with Crippen molar-refractivity contribution >= 4 is 40.4 Å². The normalized spacial score (nSPS) is 19.7. The number of hydrogen-bond acceptors (Lipinski definition) is 7. The third-order valence-electron chi connectivity index (χ3n) is 6.67. The van der Waals surface area contributed by atoms with Crippen LogP contribution in [0.15, 0.2) is 24.3 Å². The molecule has 4 atom stereocenters. The Hall–Kier alpha value is -3.23. The fourth-order valence-corrected chi connectivity index (χ4v) is 5.18. The number of amides is 3. The molecule has 1 saturated carbocycles. The largest absolute Gasteiger partial charge is 0.496 e. The van der Waals surface area contributed by atoms with Gasteiger partial charge in [-0.1, -0.05) is 18.9 Å². The number of nitrogens with zero attached hydrogens (tertiary/aromatic N) is 1. The van der Waals surface area contributed by atoms with Crippen molar-refractivity contribution in [1.29, 1.82) is 5.26 Å². The second kappa shape index (κ2) is 11.7. The van der Waals surface area contributed by atoms with E-state index in [1.54, 1.807) is 13.2 Å². The van der Waals surface area contributed by atoms with Crippen LogP contribution in [-0.4, -0.2) is 64.7 Å². The number of nitrogens with one attached hydrogen (secondary N) is 4. The van der Waals surface area contributed by atoms with Crippen LogP contribution in [0, 0.1) is 23.2 Å². The summed E-state index contributed by atoms with van der Waals surface area (Å²) in [6, 6.07) is 7.60. The number of aliphatic hydroxyl groups is 1. The summed E-state index contributed by atoms with van der Waals surface area (Å²) in [7, 11) is 1.56. The Kier molecular flexibility index (Phi) is 8.38. The van der Waals surface area contributed by atoms with E-state index in [2.05, 4.69) is 20.9 Å². The number of ether oxygens (including phenoxy) is 1. The van der Waals surface area contributed by atoms with Gasteiger partial charge in [0.1, 0.15) is 22.9 Å². The zero-order chi connectivity index (χ0) is 25.7. The highest BCUT2D eigenvalue weighted by molar-refractivity contribution is 7.99. The Morgan fingerprint density at radius 3 is 2.75 bits per heavy atom. The maximum Gasteiger partial charge on any atom is 0.268 e. The first-order valence-corrected chi connectivity index (χ1v) is 13.2. The summed E-state index contributed by atoms with van der Waals surface area (Å²) in [6.45, 7) is 0.557. The number of aromatic nitrogens is 1. The molecule has 0 spiro atoms. The molecule has 1 saturated heterocycles. The highest BCUT2D eigenvalue weighted by atomic mass is 32.2. The first-order chi connectivity index (χ1) is 17.4. The van der Waals surface area contributed by atoms with Gasteiger partial charge in [0.2, 0.25) is 11.8 Å². The summed E-state index contributed by atoms with van der Waals surface area (Å²) < 4.78 is 5.37. The lowest BCUT2D eigenvalue weighted by Crippen LogP contribution is -2.53. The number of aliphatic hydroxyl groups excluding tert-OH is 1. The third-order valence-corrected chi connectivity index (χ3v) is 7.63. The summed E-state index contributed by atoms with van der Waals surface area (Å²) in [4.78, 5) is 41.6. The Balaban J connectivity index is 1.48. The maximum absolute atomic E-state index is 13.3. The molecule has 1 aliphatic carbocycles. The fourth-order valence-electron chi connectivity index (χ4n) is 4.53. The summed E-state index contributed by atoms with van der Waals surface area (Å²) >= 11 is 1.01. The predicted molar refractivity (Wildman–Crippen MR) is 135 cm³/mol. The second-order valence-electron chi connectivity index (χ2n) is 9.30. The van der Waals surface area contributed by atoms with Crippen LogP contribution in [0.4, 0.5) is 0 Å². The third kappa shape index (κ3) is 6.30. The number of methoxy groups -OCH3 is 1. The van der Waals surface area contributed by atoms with E-state index in [1.807, 2.05) is 24.3 Å². The fraction of sp³-hybridized carbons (Fsp3) is 0.520. The summed E-state index contributed by atoms with van der Waals surface area (Å²) in [5, 5.41) is 28.8. The van der Waals surface area contributed by atoms with Gasteiger partial charge in [-0.15, -0.1) is 11.8 Å². The van der Waals surface area contributed by atoms with E-state index in [4.69, 9.17) is 10.00 Å². The number of fused-ring (bicyclic) bond motifs is 1. The molecule has 5 N–H and O–H groups in total. The van der Waals surface area contributed by atoms with Gasteiger partial charge in [-0.05, 0) is 43.4 Å². The molecule has 2 fully saturated rings. The molecule has 1 unspecified atom stereocenters. The van der Waals surface area contributed by atoms with Crippen LogP contribution in [-0.2, 0) is 9.59 Å². The van der Waals surface area contributed by atoms with Crippen LogP contribution in [0.2, 0.25) is 0 Å². The molecule has 2 aliphatic rings. The summed E-state index contributed by atoms with van der Waals surface area (Å²) in [6.07, 6.45) is 3.35. The number of carbonyl (C=O) groups is 3. The van der Waals surface area contributed by atoms with Gasteiger partial charge in [-0.25, -0.2) is 0 Å². The average molecular weight is 514 g/mol. The first-order valence-electron chi connectivity index (χ1n) is 12.1. The van der Waals surface area contributed by atoms with Crippen molar-refractivity contribution in [3.05, 3.63) is 30.0 Å². The average Bonchev–Trinajstić information content (AvgIpc) is 3.43. The van der Waals surface area contributed by atoms with Crippen LogP contribution in [0.3, 0.4) is 0 Å². The minimum atomic E-state index is -1.06. The molecule has 1 aliphatic heterocycles. The van der Waals surface area contributed by atoms with Crippen molar-refractivity contribution in [2.24, 2.45) is 11.8 Å². The van der Waals surface area contributed by atoms with Crippen molar-refractivity contribution in [2.45, 2.75) is 49.6 Å². The number of carbonyl (C=O) groups excluding carboxylic acids is 3. The molecule has 1 aromatic heterocycles. The molecule has 0 radical (unpaired) electrons. The van der Waals surface area contributed by atoms with Gasteiger partial charge >= 0.3 is 0 Å². The SMILES string of the molecule is COc1cccc2[nH]c(C(=O)N[C@@H](CC3CC3)C(=O)N[C@@H](C[C@@H]3CCNC3=O)C(O)SCC#N)cc12. The molecule has 4 rings (SSSR count). The van der Waals surface area contributed by atoms with Crippen molar-refractivity contribution in [1.82, 2.24) is 20.9 Å². The van der Waals surface area contributed by atoms with E-state index in [1.165, 1.54) is 0 Å². The standard InChI is InChI=1S/C25H31N5O5S/c1-35-21-4-2-3-17-16(21)13-19(28-17)24(33)29-18(11-14-5-6-14)23(32)30-20(25(34)36-10-8-26)12-15-7-9-27-22(15)31/h2-4,13-15,18,20,25,28,34H,5-7,9-12H2,1H3,(H,27,31)(H,29,33)(H,30,32)/t15-,18-,20-,25?/m0/s1. The topological polar surface area (TPSA) is 156 Å². The van der Waals surface area contributed by atoms with E-state index < -0.39 is 29.3 Å². The van der Waals surface area contributed by atoms with E-state index in [0.717, 1.165) is 35.5 Å². The zero-order valence-corrected chi connectivity index (χ0v) is 20.9. The minimum Gasteiger partial charge on any atom is -0.496 e. The van der Waals surface area contributed by atoms with Crippen LogP contribution in [0.1, 0.15) is 42.6 Å². The molecular weight excluding hydrogens is 482 g/mol. The van der Waals surface area contributed by atoms with Crippen molar-refractivity contribution in [3.8, 4) is 11.8 Å². The van der Waals surface area contributed by atoms with Gasteiger partial charge in [-0.2, -0.15) is 5.26 Å². The highest BCUT2D eigenvalue weighted by Gasteiger charge is 2.35. The van der Waals surface area contributed by atoms with Gasteiger partial charge in [-0.3, -0.25) is 14.4 Å². The van der Waals surface area contributed by atoms with Crippen LogP contribution in [0.25, 0.3) is 10.9 Å². The molecule has 1 aromatic carbocycles. The number of hydrogen-bond donors (Lipinski definition) is 5.